The van der Waals surface area contributed by atoms with E-state index in [-0.39, 0.29) is 12.4 Å². The van der Waals surface area contributed by atoms with Crippen LogP contribution in [0.2, 0.25) is 0 Å². The van der Waals surface area contributed by atoms with Crippen LogP contribution >= 0.6 is 0 Å². The first kappa shape index (κ1) is 7.91. The quantitative estimate of drug-likeness (QED) is 0.658. The van der Waals surface area contributed by atoms with Gasteiger partial charge in [0.2, 0.25) is 0 Å². The van der Waals surface area contributed by atoms with E-state index in [9.17, 15) is 9.18 Å². The Labute approximate surface area is 73.9 Å². The molecule has 1 aliphatic rings. The van der Waals surface area contributed by atoms with E-state index in [1.807, 2.05) is 0 Å². The van der Waals surface area contributed by atoms with E-state index in [0.717, 1.165) is 0 Å². The van der Waals surface area contributed by atoms with Gasteiger partial charge in [-0.05, 0) is 12.1 Å². The largest absolute Gasteiger partial charge is 0.441 e. The number of cyclic esters (lactones) is 1. The lowest BCUT2D eigenvalue weighted by Crippen LogP contribution is -2.02. The van der Waals surface area contributed by atoms with Crippen molar-refractivity contribution >= 4 is 11.8 Å². The molecule has 0 spiro atoms. The van der Waals surface area contributed by atoms with Gasteiger partial charge in [0.1, 0.15) is 12.4 Å². The molecule has 0 unspecified atom stereocenters. The van der Waals surface area contributed by atoms with Crippen molar-refractivity contribution in [1.82, 2.24) is 0 Å². The summed E-state index contributed by atoms with van der Waals surface area (Å²) in [5.74, 6) is -0.348. The maximum atomic E-state index is 12.7. The van der Waals surface area contributed by atoms with Crippen molar-refractivity contribution in [3.8, 4) is 0 Å². The Morgan fingerprint density at radius 2 is 2.31 bits per heavy atom. The number of amides is 1. The molecule has 0 atom stereocenters. The Hall–Kier alpha value is -1.71. The van der Waals surface area contributed by atoms with Crippen LogP contribution in [0.1, 0.15) is 5.56 Å². The maximum Gasteiger partial charge on any atom is 0.434 e. The van der Waals surface area contributed by atoms with Gasteiger partial charge in [-0.2, -0.15) is 4.99 Å². The second-order valence-electron chi connectivity index (χ2n) is 2.62. The summed E-state index contributed by atoms with van der Waals surface area (Å²) in [6.07, 6.45) is -0.612. The van der Waals surface area contributed by atoms with Crippen LogP contribution in [0.25, 0.3) is 0 Å². The standard InChI is InChI=1S/C9H6FNO2/c10-7-3-1-2-6(4-7)8-5-13-9(12)11-8/h1-4H,5H2. The lowest BCUT2D eigenvalue weighted by atomic mass is 10.1. The highest BCUT2D eigenvalue weighted by molar-refractivity contribution is 6.09. The highest BCUT2D eigenvalue weighted by Gasteiger charge is 2.16. The predicted octanol–water partition coefficient (Wildman–Crippen LogP) is 1.76. The van der Waals surface area contributed by atoms with Crippen molar-refractivity contribution in [2.75, 3.05) is 6.61 Å². The average molecular weight is 179 g/mol. The molecule has 0 saturated carbocycles. The van der Waals surface area contributed by atoms with Crippen molar-refractivity contribution in [3.05, 3.63) is 35.6 Å². The lowest BCUT2D eigenvalue weighted by Gasteiger charge is -1.97. The first-order valence-electron chi connectivity index (χ1n) is 3.76. The lowest BCUT2D eigenvalue weighted by molar-refractivity contribution is 0.181. The number of halogens is 1. The van der Waals surface area contributed by atoms with Gasteiger partial charge in [0.15, 0.2) is 0 Å². The highest BCUT2D eigenvalue weighted by atomic mass is 19.1. The van der Waals surface area contributed by atoms with Crippen LogP contribution in [-0.2, 0) is 4.74 Å². The van der Waals surface area contributed by atoms with E-state index >= 15 is 0 Å². The van der Waals surface area contributed by atoms with Gasteiger partial charge in [-0.25, -0.2) is 9.18 Å². The fourth-order valence-electron chi connectivity index (χ4n) is 1.12. The van der Waals surface area contributed by atoms with Crippen molar-refractivity contribution in [3.63, 3.8) is 0 Å². The molecule has 0 saturated heterocycles. The summed E-state index contributed by atoms with van der Waals surface area (Å²) >= 11 is 0. The molecule has 1 aromatic carbocycles. The summed E-state index contributed by atoms with van der Waals surface area (Å²) in [5.41, 5.74) is 1.07. The minimum absolute atomic E-state index is 0.127. The van der Waals surface area contributed by atoms with Gasteiger partial charge in [-0.1, -0.05) is 12.1 Å². The summed E-state index contributed by atoms with van der Waals surface area (Å²) < 4.78 is 17.3. The molecule has 0 aliphatic carbocycles. The smallest absolute Gasteiger partial charge is 0.434 e. The zero-order valence-corrected chi connectivity index (χ0v) is 6.66. The molecule has 66 valence electrons. The molecule has 4 heteroatoms. The van der Waals surface area contributed by atoms with Crippen molar-refractivity contribution in [1.29, 1.82) is 0 Å². The minimum Gasteiger partial charge on any atom is -0.441 e. The Balaban J connectivity index is 2.36. The number of aliphatic imine (C=N–C) groups is 1. The minimum atomic E-state index is -0.612. The van der Waals surface area contributed by atoms with Crippen molar-refractivity contribution in [2.45, 2.75) is 0 Å². The normalized spacial score (nSPS) is 15.5. The fraction of sp³-hybridized carbons (Fsp3) is 0.111. The maximum absolute atomic E-state index is 12.7. The van der Waals surface area contributed by atoms with Crippen LogP contribution in [0, 0.1) is 5.82 Å². The molecule has 0 N–H and O–H groups in total. The Kier molecular flexibility index (Phi) is 1.81. The van der Waals surface area contributed by atoms with E-state index < -0.39 is 6.09 Å². The molecule has 13 heavy (non-hydrogen) atoms. The Morgan fingerprint density at radius 1 is 1.46 bits per heavy atom. The second-order valence-corrected chi connectivity index (χ2v) is 2.62. The topological polar surface area (TPSA) is 38.7 Å². The number of benzene rings is 1. The molecule has 2 rings (SSSR count). The monoisotopic (exact) mass is 179 g/mol. The second kappa shape index (κ2) is 2.97. The van der Waals surface area contributed by atoms with Gasteiger partial charge in [-0.15, -0.1) is 0 Å². The van der Waals surface area contributed by atoms with E-state index in [1.165, 1.54) is 12.1 Å². The van der Waals surface area contributed by atoms with Crippen molar-refractivity contribution < 1.29 is 13.9 Å². The van der Waals surface area contributed by atoms with Gasteiger partial charge in [0, 0.05) is 5.56 Å². The zero-order chi connectivity index (χ0) is 9.26. The van der Waals surface area contributed by atoms with Crippen LogP contribution in [0.4, 0.5) is 9.18 Å². The molecule has 0 aromatic heterocycles. The van der Waals surface area contributed by atoms with Crippen LogP contribution in [0.15, 0.2) is 29.3 Å². The third-order valence-electron chi connectivity index (χ3n) is 1.72. The van der Waals surface area contributed by atoms with Gasteiger partial charge in [0.25, 0.3) is 0 Å². The average Bonchev–Trinajstić information content (AvgIpc) is 2.52. The molecule has 1 heterocycles. The number of hydrogen-bond donors (Lipinski definition) is 0. The summed E-state index contributed by atoms with van der Waals surface area (Å²) in [6.45, 7) is 0.127. The fourth-order valence-corrected chi connectivity index (χ4v) is 1.12. The molecule has 3 nitrogen and oxygen atoms in total. The Bertz CT molecular complexity index is 387. The van der Waals surface area contributed by atoms with Crippen LogP contribution in [-0.4, -0.2) is 18.4 Å². The zero-order valence-electron chi connectivity index (χ0n) is 6.66. The number of rotatable bonds is 1. The van der Waals surface area contributed by atoms with Crippen LogP contribution in [0.3, 0.4) is 0 Å². The number of carbonyl (C=O) groups excluding carboxylic acids is 1. The summed E-state index contributed by atoms with van der Waals surface area (Å²) in [5, 5.41) is 0. The van der Waals surface area contributed by atoms with Gasteiger partial charge in [-0.3, -0.25) is 0 Å². The molecular weight excluding hydrogens is 173 g/mol. The third kappa shape index (κ3) is 1.56. The first-order chi connectivity index (χ1) is 6.25. The molecule has 1 amide bonds. The van der Waals surface area contributed by atoms with Gasteiger partial charge in [0.05, 0.1) is 5.71 Å². The molecule has 0 radical (unpaired) electrons. The van der Waals surface area contributed by atoms with E-state index in [1.54, 1.807) is 12.1 Å². The van der Waals surface area contributed by atoms with Crippen LogP contribution in [0.5, 0.6) is 0 Å². The molecule has 0 fully saturated rings. The van der Waals surface area contributed by atoms with E-state index in [2.05, 4.69) is 9.73 Å². The number of hydrogen-bond acceptors (Lipinski definition) is 2. The number of ether oxygens (including phenoxy) is 1. The first-order valence-corrected chi connectivity index (χ1v) is 3.76. The van der Waals surface area contributed by atoms with E-state index in [4.69, 9.17) is 0 Å². The molecule has 1 aliphatic heterocycles. The van der Waals surface area contributed by atoms with E-state index in [0.29, 0.717) is 11.3 Å². The van der Waals surface area contributed by atoms with Gasteiger partial charge >= 0.3 is 6.09 Å². The number of nitrogens with zero attached hydrogens (tertiary/aromatic N) is 1. The van der Waals surface area contributed by atoms with Crippen LogP contribution < -0.4 is 0 Å². The summed E-state index contributed by atoms with van der Waals surface area (Å²) in [7, 11) is 0. The predicted molar refractivity (Wildman–Crippen MR) is 44.3 cm³/mol. The van der Waals surface area contributed by atoms with Gasteiger partial charge < -0.3 is 4.74 Å². The number of carbonyl (C=O) groups is 1. The molecular formula is C9H6FNO2. The molecule has 0 bridgehead atoms. The Morgan fingerprint density at radius 3 is 2.92 bits per heavy atom. The highest BCUT2D eigenvalue weighted by Crippen LogP contribution is 2.09. The third-order valence-corrected chi connectivity index (χ3v) is 1.72. The van der Waals surface area contributed by atoms with Crippen molar-refractivity contribution in [2.24, 2.45) is 4.99 Å². The SMILES string of the molecule is O=C1N=C(c2cccc(F)c2)CO1. The summed E-state index contributed by atoms with van der Waals surface area (Å²) in [6, 6.07) is 5.91. The molecule has 1 aromatic rings. The summed E-state index contributed by atoms with van der Waals surface area (Å²) in [4.78, 5) is 14.2.